The first-order chi connectivity index (χ1) is 10.4. The van der Waals surface area contributed by atoms with Crippen molar-refractivity contribution in [2.75, 3.05) is 0 Å². The minimum Gasteiger partial charge on any atom is -0.223 e. The molecule has 6 heteroatoms. The maximum absolute atomic E-state index is 12.7. The molecule has 112 valence electrons. The molecule has 1 aliphatic rings. The fraction of sp³-hybridized carbons (Fsp3) is 0.188. The quantitative estimate of drug-likeness (QED) is 0.837. The highest BCUT2D eigenvalue weighted by molar-refractivity contribution is 7.92. The highest BCUT2D eigenvalue weighted by atomic mass is 35.5. The van der Waals surface area contributed by atoms with Gasteiger partial charge in [-0.25, -0.2) is 8.42 Å². The lowest BCUT2D eigenvalue weighted by Crippen LogP contribution is -2.10. The number of sulfone groups is 1. The van der Waals surface area contributed by atoms with Crippen molar-refractivity contribution in [3.05, 3.63) is 64.1 Å². The van der Waals surface area contributed by atoms with E-state index in [1.807, 2.05) is 0 Å². The third-order valence-electron chi connectivity index (χ3n) is 3.86. The summed E-state index contributed by atoms with van der Waals surface area (Å²) in [6, 6.07) is 15.1. The number of nitrogens with zero attached hydrogens (tertiary/aromatic N) is 1. The second kappa shape index (κ2) is 5.58. The Kier molecular flexibility index (Phi) is 3.90. The molecule has 0 radical (unpaired) electrons. The van der Waals surface area contributed by atoms with Crippen molar-refractivity contribution < 1.29 is 8.42 Å². The second-order valence-electron chi connectivity index (χ2n) is 5.20. The van der Waals surface area contributed by atoms with Crippen LogP contribution in [0.1, 0.15) is 11.5 Å². The van der Waals surface area contributed by atoms with Gasteiger partial charge in [0.25, 0.3) is 0 Å². The van der Waals surface area contributed by atoms with Gasteiger partial charge in [-0.05, 0) is 42.0 Å². The van der Waals surface area contributed by atoms with E-state index in [0.29, 0.717) is 10.0 Å². The average molecular weight is 352 g/mol. The minimum atomic E-state index is -3.57. The largest absolute Gasteiger partial charge is 0.223 e. The Labute approximate surface area is 139 Å². The van der Waals surface area contributed by atoms with E-state index in [-0.39, 0.29) is 10.8 Å². The molecule has 2 aromatic rings. The van der Waals surface area contributed by atoms with Gasteiger partial charge < -0.3 is 0 Å². The highest BCUT2D eigenvalue weighted by Crippen LogP contribution is 2.53. The van der Waals surface area contributed by atoms with Crippen LogP contribution in [-0.4, -0.2) is 13.7 Å². The maximum Gasteiger partial charge on any atom is 0.183 e. The molecule has 3 nitrogen and oxygen atoms in total. The van der Waals surface area contributed by atoms with Gasteiger partial charge in [0.2, 0.25) is 0 Å². The molecule has 3 rings (SSSR count). The van der Waals surface area contributed by atoms with Gasteiger partial charge in [-0.3, -0.25) is 0 Å². The molecule has 2 aromatic carbocycles. The van der Waals surface area contributed by atoms with E-state index >= 15 is 0 Å². The smallest absolute Gasteiger partial charge is 0.183 e. The zero-order valence-corrected chi connectivity index (χ0v) is 13.6. The molecule has 0 amide bonds. The zero-order valence-electron chi connectivity index (χ0n) is 11.3. The molecule has 0 spiro atoms. The summed E-state index contributed by atoms with van der Waals surface area (Å²) in [6.45, 7) is 0. The van der Waals surface area contributed by atoms with Gasteiger partial charge in [0.15, 0.2) is 9.84 Å². The van der Waals surface area contributed by atoms with Crippen LogP contribution >= 0.6 is 23.2 Å². The summed E-state index contributed by atoms with van der Waals surface area (Å²) in [4.78, 5) is 0.193. The van der Waals surface area contributed by atoms with Crippen LogP contribution in [0.5, 0.6) is 0 Å². The van der Waals surface area contributed by atoms with E-state index in [4.69, 9.17) is 23.2 Å². The van der Waals surface area contributed by atoms with Gasteiger partial charge in [0.1, 0.15) is 0 Å². The van der Waals surface area contributed by atoms with Gasteiger partial charge in [-0.2, -0.15) is 5.26 Å². The fourth-order valence-corrected chi connectivity index (χ4v) is 5.01. The molecular weight excluding hydrogens is 341 g/mol. The van der Waals surface area contributed by atoms with Gasteiger partial charge >= 0.3 is 0 Å². The summed E-state index contributed by atoms with van der Waals surface area (Å²) in [6.07, 6.45) is 0. The Bertz CT molecular complexity index is 839. The van der Waals surface area contributed by atoms with Gasteiger partial charge in [0, 0.05) is 16.0 Å². The van der Waals surface area contributed by atoms with E-state index < -0.39 is 21.0 Å². The average Bonchev–Trinajstić information content (AvgIpc) is 3.24. The summed E-state index contributed by atoms with van der Waals surface area (Å²) in [5.41, 5.74) is 0.818. The predicted molar refractivity (Wildman–Crippen MR) is 85.7 cm³/mol. The number of hydrogen-bond donors (Lipinski definition) is 0. The Morgan fingerprint density at radius 3 is 1.91 bits per heavy atom. The standard InChI is InChI=1S/C16H11Cl2NO2S/c17-11-3-1-10(2-4-11)15-14(9-19)16(15)22(20,21)13-7-5-12(18)6-8-13/h1-8,14-16H/t14-,15-,16+/m1/s1. The molecule has 0 aromatic heterocycles. The van der Waals surface area contributed by atoms with E-state index in [1.165, 1.54) is 24.3 Å². The lowest BCUT2D eigenvalue weighted by Gasteiger charge is -2.04. The number of rotatable bonds is 3. The first-order valence-electron chi connectivity index (χ1n) is 6.59. The topological polar surface area (TPSA) is 57.9 Å². The molecule has 0 heterocycles. The molecular formula is C16H11Cl2NO2S. The van der Waals surface area contributed by atoms with E-state index in [9.17, 15) is 13.7 Å². The molecule has 1 saturated carbocycles. The Morgan fingerprint density at radius 2 is 1.41 bits per heavy atom. The third-order valence-corrected chi connectivity index (χ3v) is 6.59. The molecule has 22 heavy (non-hydrogen) atoms. The molecule has 1 aliphatic carbocycles. The molecule has 0 unspecified atom stereocenters. The third kappa shape index (κ3) is 2.61. The van der Waals surface area contributed by atoms with Crippen LogP contribution in [-0.2, 0) is 9.84 Å². The van der Waals surface area contributed by atoms with Crippen molar-refractivity contribution in [1.82, 2.24) is 0 Å². The van der Waals surface area contributed by atoms with Crippen molar-refractivity contribution in [2.24, 2.45) is 5.92 Å². The van der Waals surface area contributed by atoms with Crippen LogP contribution in [0.25, 0.3) is 0 Å². The molecule has 3 atom stereocenters. The fourth-order valence-electron chi connectivity index (χ4n) is 2.69. The minimum absolute atomic E-state index is 0.193. The van der Waals surface area contributed by atoms with Crippen LogP contribution in [0.3, 0.4) is 0 Å². The lowest BCUT2D eigenvalue weighted by molar-refractivity contribution is 0.593. The summed E-state index contributed by atoms with van der Waals surface area (Å²) in [7, 11) is -3.57. The summed E-state index contributed by atoms with van der Waals surface area (Å²) in [5, 5.41) is 9.58. The highest BCUT2D eigenvalue weighted by Gasteiger charge is 2.59. The summed E-state index contributed by atoms with van der Waals surface area (Å²) in [5.74, 6) is -0.857. The number of nitriles is 1. The first kappa shape index (κ1) is 15.4. The molecule has 0 bridgehead atoms. The number of halogens is 2. The van der Waals surface area contributed by atoms with Crippen LogP contribution < -0.4 is 0 Å². The molecule has 0 saturated heterocycles. The van der Waals surface area contributed by atoms with Crippen LogP contribution in [0, 0.1) is 17.2 Å². The molecule has 0 N–H and O–H groups in total. The van der Waals surface area contributed by atoms with E-state index in [0.717, 1.165) is 5.56 Å². The van der Waals surface area contributed by atoms with Crippen molar-refractivity contribution >= 4 is 33.0 Å². The van der Waals surface area contributed by atoms with Gasteiger partial charge in [-0.15, -0.1) is 0 Å². The zero-order chi connectivity index (χ0) is 15.9. The van der Waals surface area contributed by atoms with E-state index in [2.05, 4.69) is 6.07 Å². The lowest BCUT2D eigenvalue weighted by atomic mass is 10.1. The van der Waals surface area contributed by atoms with E-state index in [1.54, 1.807) is 24.3 Å². The number of hydrogen-bond acceptors (Lipinski definition) is 3. The second-order valence-corrected chi connectivity index (χ2v) is 8.17. The van der Waals surface area contributed by atoms with Crippen molar-refractivity contribution in [3.8, 4) is 6.07 Å². The Morgan fingerprint density at radius 1 is 0.909 bits per heavy atom. The summed E-state index contributed by atoms with van der Waals surface area (Å²) >= 11 is 11.6. The molecule has 0 aliphatic heterocycles. The Balaban J connectivity index is 1.95. The van der Waals surface area contributed by atoms with Crippen molar-refractivity contribution in [3.63, 3.8) is 0 Å². The van der Waals surface area contributed by atoms with Gasteiger partial charge in [0.05, 0.1) is 22.1 Å². The SMILES string of the molecule is N#C[C@@H]1[C@@H](c2ccc(Cl)cc2)[C@H]1S(=O)(=O)c1ccc(Cl)cc1. The van der Waals surface area contributed by atoms with Gasteiger partial charge in [-0.1, -0.05) is 35.3 Å². The summed E-state index contributed by atoms with van der Waals surface area (Å²) < 4.78 is 25.4. The van der Waals surface area contributed by atoms with Crippen LogP contribution in [0.15, 0.2) is 53.4 Å². The monoisotopic (exact) mass is 351 g/mol. The molecule has 1 fully saturated rings. The van der Waals surface area contributed by atoms with Crippen molar-refractivity contribution in [1.29, 1.82) is 5.26 Å². The van der Waals surface area contributed by atoms with Crippen LogP contribution in [0.2, 0.25) is 10.0 Å². The predicted octanol–water partition coefficient (Wildman–Crippen LogP) is 4.07. The Hall–Kier alpha value is -1.54. The number of benzene rings is 2. The maximum atomic E-state index is 12.7. The van der Waals surface area contributed by atoms with Crippen molar-refractivity contribution in [2.45, 2.75) is 16.1 Å². The first-order valence-corrected chi connectivity index (χ1v) is 8.90. The van der Waals surface area contributed by atoms with Crippen LogP contribution in [0.4, 0.5) is 0 Å². The normalized spacial score (nSPS) is 23.8.